The molecule has 0 aromatic heterocycles. The molecule has 0 unspecified atom stereocenters. The summed E-state index contributed by atoms with van der Waals surface area (Å²) < 4.78 is 4.66. The average Bonchev–Trinajstić information content (AvgIpc) is 2.49. The van der Waals surface area contributed by atoms with E-state index in [4.69, 9.17) is 0 Å². The van der Waals surface area contributed by atoms with Gasteiger partial charge in [-0.05, 0) is 17.5 Å². The van der Waals surface area contributed by atoms with Crippen LogP contribution in [0.5, 0.6) is 0 Å². The summed E-state index contributed by atoms with van der Waals surface area (Å²) >= 11 is 1.38. The summed E-state index contributed by atoms with van der Waals surface area (Å²) in [6.45, 7) is -0.0919. The summed E-state index contributed by atoms with van der Waals surface area (Å²) in [5, 5.41) is 4.38. The number of thioether (sulfide) groups is 1. The maximum atomic E-state index is 12.0. The van der Waals surface area contributed by atoms with E-state index in [0.29, 0.717) is 11.4 Å². The van der Waals surface area contributed by atoms with Crippen molar-refractivity contribution in [3.8, 4) is 0 Å². The van der Waals surface area contributed by atoms with Crippen LogP contribution in [0.3, 0.4) is 0 Å². The molecule has 1 aromatic rings. The lowest BCUT2D eigenvalue weighted by molar-refractivity contribution is -0.129. The number of ether oxygens (including phenoxy) is 1. The van der Waals surface area contributed by atoms with Crippen molar-refractivity contribution in [2.75, 3.05) is 24.7 Å². The normalized spacial score (nSPS) is 14.0. The lowest BCUT2D eigenvalue weighted by Crippen LogP contribution is -2.36. The van der Waals surface area contributed by atoms with Gasteiger partial charge in [0.1, 0.15) is 6.54 Å². The molecule has 1 aliphatic rings. The summed E-state index contributed by atoms with van der Waals surface area (Å²) in [4.78, 5) is 36.5. The second-order valence-corrected chi connectivity index (χ2v) is 5.10. The number of para-hydroxylation sites is 1. The number of anilines is 1. The van der Waals surface area contributed by atoms with Crippen molar-refractivity contribution in [3.05, 3.63) is 41.4 Å². The van der Waals surface area contributed by atoms with Crippen LogP contribution in [0.25, 0.3) is 0 Å². The van der Waals surface area contributed by atoms with Gasteiger partial charge in [-0.2, -0.15) is 0 Å². The summed E-state index contributed by atoms with van der Waals surface area (Å²) in [5.41, 5.74) is 0.626. The highest BCUT2D eigenvalue weighted by Gasteiger charge is 2.19. The third-order valence-corrected chi connectivity index (χ3v) is 3.51. The molecule has 0 spiro atoms. The molecule has 1 aromatic carbocycles. The van der Waals surface area contributed by atoms with Crippen LogP contribution in [0.2, 0.25) is 0 Å². The van der Waals surface area contributed by atoms with Gasteiger partial charge in [-0.1, -0.05) is 12.1 Å². The highest BCUT2D eigenvalue weighted by Crippen LogP contribution is 2.17. The molecule has 2 amide bonds. The highest BCUT2D eigenvalue weighted by molar-refractivity contribution is 8.02. The van der Waals surface area contributed by atoms with Gasteiger partial charge in [0.2, 0.25) is 11.8 Å². The molecule has 2 rings (SSSR count). The summed E-state index contributed by atoms with van der Waals surface area (Å²) in [6.07, 6.45) is 1.57. The Morgan fingerprint density at radius 1 is 1.38 bits per heavy atom. The lowest BCUT2D eigenvalue weighted by atomic mass is 10.2. The number of hydrogen-bond acceptors (Lipinski definition) is 5. The molecule has 0 fully saturated rings. The van der Waals surface area contributed by atoms with E-state index in [1.807, 2.05) is 0 Å². The number of benzene rings is 1. The molecule has 0 bridgehead atoms. The zero-order valence-electron chi connectivity index (χ0n) is 11.4. The zero-order chi connectivity index (χ0) is 15.2. The predicted octanol–water partition coefficient (Wildman–Crippen LogP) is 1.46. The standard InChI is InChI=1S/C14H14N2O4S/c1-20-14(19)10-4-2-3-5-11(10)15-12(17)8-16-6-7-21-9-13(16)18/h2-7H,8-9H2,1H3,(H,15,17). The number of nitrogens with zero attached hydrogens (tertiary/aromatic N) is 1. The van der Waals surface area contributed by atoms with Crippen LogP contribution in [0.4, 0.5) is 5.69 Å². The number of amides is 2. The van der Waals surface area contributed by atoms with E-state index in [1.165, 1.54) is 23.8 Å². The van der Waals surface area contributed by atoms with Crippen molar-refractivity contribution in [2.24, 2.45) is 0 Å². The monoisotopic (exact) mass is 306 g/mol. The van der Waals surface area contributed by atoms with Gasteiger partial charge in [-0.25, -0.2) is 4.79 Å². The van der Waals surface area contributed by atoms with Gasteiger partial charge in [-0.3, -0.25) is 9.59 Å². The first-order chi connectivity index (χ1) is 10.1. The third-order valence-electron chi connectivity index (χ3n) is 2.78. The fourth-order valence-electron chi connectivity index (χ4n) is 1.77. The number of hydrogen-bond donors (Lipinski definition) is 1. The summed E-state index contributed by atoms with van der Waals surface area (Å²) in [6, 6.07) is 6.54. The van der Waals surface area contributed by atoms with Gasteiger partial charge in [-0.15, -0.1) is 11.8 Å². The molecule has 21 heavy (non-hydrogen) atoms. The molecule has 0 atom stereocenters. The Hall–Kier alpha value is -2.28. The minimum atomic E-state index is -0.531. The molecule has 0 aliphatic carbocycles. The summed E-state index contributed by atoms with van der Waals surface area (Å²) in [5.74, 6) is -0.714. The minimum Gasteiger partial charge on any atom is -0.465 e. The Kier molecular flexibility index (Phi) is 4.99. The molecule has 0 saturated carbocycles. The Morgan fingerprint density at radius 3 is 2.86 bits per heavy atom. The van der Waals surface area contributed by atoms with Crippen LogP contribution in [0.1, 0.15) is 10.4 Å². The van der Waals surface area contributed by atoms with Gasteiger partial charge in [0.15, 0.2) is 0 Å². The minimum absolute atomic E-state index is 0.0919. The maximum absolute atomic E-state index is 12.0. The van der Waals surface area contributed by atoms with Crippen molar-refractivity contribution in [1.82, 2.24) is 4.90 Å². The molecule has 1 N–H and O–H groups in total. The van der Waals surface area contributed by atoms with Gasteiger partial charge in [0.25, 0.3) is 0 Å². The van der Waals surface area contributed by atoms with E-state index in [9.17, 15) is 14.4 Å². The fraction of sp³-hybridized carbons (Fsp3) is 0.214. The summed E-state index contributed by atoms with van der Waals surface area (Å²) in [7, 11) is 1.27. The van der Waals surface area contributed by atoms with Crippen molar-refractivity contribution in [1.29, 1.82) is 0 Å². The van der Waals surface area contributed by atoms with E-state index < -0.39 is 5.97 Å². The van der Waals surface area contributed by atoms with E-state index in [-0.39, 0.29) is 23.9 Å². The third kappa shape index (κ3) is 3.85. The predicted molar refractivity (Wildman–Crippen MR) is 79.7 cm³/mol. The van der Waals surface area contributed by atoms with Crippen LogP contribution in [0, 0.1) is 0 Å². The van der Waals surface area contributed by atoms with Crippen molar-refractivity contribution in [2.45, 2.75) is 0 Å². The SMILES string of the molecule is COC(=O)c1ccccc1NC(=O)CN1C=CSCC1=O. The number of carbonyl (C=O) groups excluding carboxylic acids is 3. The maximum Gasteiger partial charge on any atom is 0.339 e. The van der Waals surface area contributed by atoms with Gasteiger partial charge in [0.05, 0.1) is 24.1 Å². The molecule has 6 nitrogen and oxygen atoms in total. The second kappa shape index (κ2) is 6.94. The topological polar surface area (TPSA) is 75.7 Å². The molecule has 0 saturated heterocycles. The molecular formula is C14H14N2O4S. The molecule has 110 valence electrons. The van der Waals surface area contributed by atoms with E-state index in [1.54, 1.807) is 35.9 Å². The van der Waals surface area contributed by atoms with E-state index >= 15 is 0 Å². The van der Waals surface area contributed by atoms with Crippen LogP contribution in [-0.2, 0) is 14.3 Å². The Balaban J connectivity index is 2.06. The van der Waals surface area contributed by atoms with Gasteiger partial charge in [0, 0.05) is 6.20 Å². The smallest absolute Gasteiger partial charge is 0.339 e. The molecule has 1 heterocycles. The number of carbonyl (C=O) groups is 3. The first-order valence-electron chi connectivity index (χ1n) is 6.16. The molecule has 0 radical (unpaired) electrons. The zero-order valence-corrected chi connectivity index (χ0v) is 12.2. The number of esters is 1. The Bertz CT molecular complexity index is 600. The molecule has 7 heteroatoms. The quantitative estimate of drug-likeness (QED) is 0.852. The van der Waals surface area contributed by atoms with Crippen molar-refractivity contribution < 1.29 is 19.1 Å². The fourth-order valence-corrected chi connectivity index (χ4v) is 2.40. The first kappa shape index (κ1) is 15.1. The van der Waals surface area contributed by atoms with E-state index in [2.05, 4.69) is 10.1 Å². The van der Waals surface area contributed by atoms with Crippen molar-refractivity contribution >= 4 is 35.2 Å². The first-order valence-corrected chi connectivity index (χ1v) is 7.21. The molecule has 1 aliphatic heterocycles. The average molecular weight is 306 g/mol. The van der Waals surface area contributed by atoms with Crippen LogP contribution in [0.15, 0.2) is 35.9 Å². The number of rotatable bonds is 4. The molecular weight excluding hydrogens is 292 g/mol. The van der Waals surface area contributed by atoms with Gasteiger partial charge < -0.3 is 15.0 Å². The highest BCUT2D eigenvalue weighted by atomic mass is 32.2. The van der Waals surface area contributed by atoms with Crippen LogP contribution in [-0.4, -0.2) is 42.1 Å². The van der Waals surface area contributed by atoms with E-state index in [0.717, 1.165) is 0 Å². The van der Waals surface area contributed by atoms with Crippen LogP contribution >= 0.6 is 11.8 Å². The second-order valence-electron chi connectivity index (χ2n) is 4.20. The van der Waals surface area contributed by atoms with Crippen molar-refractivity contribution in [3.63, 3.8) is 0 Å². The largest absolute Gasteiger partial charge is 0.465 e. The Labute approximate surface area is 126 Å². The van der Waals surface area contributed by atoms with Crippen LogP contribution < -0.4 is 5.32 Å². The van der Waals surface area contributed by atoms with Gasteiger partial charge >= 0.3 is 5.97 Å². The Morgan fingerprint density at radius 2 is 2.14 bits per heavy atom. The number of methoxy groups -OCH3 is 1. The number of nitrogens with one attached hydrogen (secondary N) is 1. The lowest BCUT2D eigenvalue weighted by Gasteiger charge is -2.20.